The van der Waals surface area contributed by atoms with Crippen LogP contribution in [0.4, 0.5) is 5.69 Å². The number of nitrogens with zero attached hydrogens (tertiary/aromatic N) is 1. The Morgan fingerprint density at radius 1 is 1.46 bits per heavy atom. The van der Waals surface area contributed by atoms with Crippen molar-refractivity contribution in [3.8, 4) is 0 Å². The number of benzene rings is 1. The molecule has 0 aliphatic rings. The second-order valence-electron chi connectivity index (χ2n) is 2.44. The van der Waals surface area contributed by atoms with E-state index in [-0.39, 0.29) is 36.9 Å². The van der Waals surface area contributed by atoms with Crippen LogP contribution in [0.5, 0.6) is 0 Å². The fourth-order valence-corrected chi connectivity index (χ4v) is 0.916. The van der Waals surface area contributed by atoms with Crippen LogP contribution in [0.25, 0.3) is 0 Å². The number of carbonyl (C=O) groups is 1. The van der Waals surface area contributed by atoms with Crippen molar-refractivity contribution in [1.82, 2.24) is 0 Å². The van der Waals surface area contributed by atoms with Gasteiger partial charge in [-0.1, -0.05) is 24.8 Å². The molecule has 0 atom stereocenters. The van der Waals surface area contributed by atoms with Crippen LogP contribution >= 0.6 is 0 Å². The molecular formula is C10H12NNaO. The Labute approximate surface area is 102 Å². The van der Waals surface area contributed by atoms with Gasteiger partial charge in [0.25, 0.3) is 0 Å². The molecule has 1 amide bonds. The van der Waals surface area contributed by atoms with Gasteiger partial charge in [0.15, 0.2) is 0 Å². The van der Waals surface area contributed by atoms with Crippen molar-refractivity contribution in [1.29, 1.82) is 0 Å². The van der Waals surface area contributed by atoms with Gasteiger partial charge in [0.05, 0.1) is 0 Å². The van der Waals surface area contributed by atoms with Gasteiger partial charge in [0, 0.05) is 12.7 Å². The van der Waals surface area contributed by atoms with E-state index < -0.39 is 0 Å². The zero-order valence-corrected chi connectivity index (χ0v) is 10.0. The van der Waals surface area contributed by atoms with E-state index in [0.717, 1.165) is 5.69 Å². The van der Waals surface area contributed by atoms with E-state index >= 15 is 0 Å². The van der Waals surface area contributed by atoms with Crippen molar-refractivity contribution >= 4 is 11.6 Å². The molecule has 1 rings (SSSR count). The van der Waals surface area contributed by atoms with Gasteiger partial charge in [-0.2, -0.15) is 0 Å². The van der Waals surface area contributed by atoms with Crippen LogP contribution in [-0.2, 0) is 4.79 Å². The normalized spacial score (nSPS) is 8.38. The molecule has 0 aliphatic carbocycles. The summed E-state index contributed by atoms with van der Waals surface area (Å²) in [6.07, 6.45) is 1.30. The van der Waals surface area contributed by atoms with Crippen molar-refractivity contribution in [2.45, 2.75) is 0 Å². The number of hydrogen-bond donors (Lipinski definition) is 0. The molecule has 0 aliphatic heterocycles. The van der Waals surface area contributed by atoms with Crippen LogP contribution in [0.15, 0.2) is 43.0 Å². The zero-order chi connectivity index (χ0) is 8.97. The SMILES string of the molecule is C=CC(=O)N(C)c1ccccc1.[H-].[Na+]. The van der Waals surface area contributed by atoms with E-state index in [9.17, 15) is 4.79 Å². The predicted molar refractivity (Wildman–Crippen MR) is 51.2 cm³/mol. The molecule has 0 saturated carbocycles. The molecule has 0 fully saturated rings. The fourth-order valence-electron chi connectivity index (χ4n) is 0.916. The molecule has 0 aromatic heterocycles. The van der Waals surface area contributed by atoms with Crippen LogP contribution < -0.4 is 34.5 Å². The molecule has 0 bridgehead atoms. The number of para-hydroxylation sites is 1. The minimum absolute atomic E-state index is 0. The maximum absolute atomic E-state index is 11.1. The fraction of sp³-hybridized carbons (Fsp3) is 0.100. The smallest absolute Gasteiger partial charge is 1.00 e. The predicted octanol–water partition coefficient (Wildman–Crippen LogP) is -1.05. The third-order valence-electron chi connectivity index (χ3n) is 1.65. The number of hydrogen-bond acceptors (Lipinski definition) is 1. The van der Waals surface area contributed by atoms with Gasteiger partial charge in [0.1, 0.15) is 0 Å². The molecular weight excluding hydrogens is 173 g/mol. The Kier molecular flexibility index (Phi) is 5.71. The Morgan fingerprint density at radius 2 is 2.00 bits per heavy atom. The minimum Gasteiger partial charge on any atom is -1.00 e. The van der Waals surface area contributed by atoms with E-state index in [2.05, 4.69) is 6.58 Å². The van der Waals surface area contributed by atoms with Crippen molar-refractivity contribution in [2.75, 3.05) is 11.9 Å². The molecule has 0 unspecified atom stereocenters. The first-order chi connectivity index (χ1) is 5.75. The summed E-state index contributed by atoms with van der Waals surface area (Å²) in [5.74, 6) is -0.0961. The third kappa shape index (κ3) is 3.35. The van der Waals surface area contributed by atoms with Crippen molar-refractivity contribution in [3.63, 3.8) is 0 Å². The summed E-state index contributed by atoms with van der Waals surface area (Å²) in [4.78, 5) is 12.7. The monoisotopic (exact) mass is 185 g/mol. The molecule has 1 aromatic rings. The Hall–Kier alpha value is -0.570. The molecule has 0 saturated heterocycles. The average molecular weight is 185 g/mol. The van der Waals surface area contributed by atoms with Gasteiger partial charge in [-0.3, -0.25) is 4.79 Å². The topological polar surface area (TPSA) is 20.3 Å². The van der Waals surface area contributed by atoms with Crippen LogP contribution in [0.1, 0.15) is 1.43 Å². The summed E-state index contributed by atoms with van der Waals surface area (Å²) in [5.41, 5.74) is 0.877. The molecule has 0 spiro atoms. The summed E-state index contributed by atoms with van der Waals surface area (Å²) < 4.78 is 0. The second kappa shape index (κ2) is 5.97. The number of amides is 1. The summed E-state index contributed by atoms with van der Waals surface area (Å²) >= 11 is 0. The van der Waals surface area contributed by atoms with Crippen LogP contribution in [-0.4, -0.2) is 13.0 Å². The number of rotatable bonds is 2. The van der Waals surface area contributed by atoms with Crippen molar-refractivity contribution in [3.05, 3.63) is 43.0 Å². The molecule has 64 valence electrons. The number of likely N-dealkylation sites (N-methyl/N-ethyl adjacent to an activating group) is 1. The van der Waals surface area contributed by atoms with E-state index in [1.54, 1.807) is 11.9 Å². The Bertz CT molecular complexity index is 289. The summed E-state index contributed by atoms with van der Waals surface area (Å²) in [6, 6.07) is 9.45. The average Bonchev–Trinajstić information content (AvgIpc) is 2.17. The quantitative estimate of drug-likeness (QED) is 0.425. The Balaban J connectivity index is 0. The molecule has 0 radical (unpaired) electrons. The third-order valence-corrected chi connectivity index (χ3v) is 1.65. The van der Waals surface area contributed by atoms with Gasteiger partial charge in [-0.15, -0.1) is 0 Å². The largest absolute Gasteiger partial charge is 1.00 e. The minimum atomic E-state index is -0.0961. The molecule has 0 N–H and O–H groups in total. The first-order valence-corrected chi connectivity index (χ1v) is 3.71. The maximum Gasteiger partial charge on any atom is 1.00 e. The molecule has 2 nitrogen and oxygen atoms in total. The van der Waals surface area contributed by atoms with E-state index in [0.29, 0.717) is 0 Å². The van der Waals surface area contributed by atoms with Crippen LogP contribution in [0, 0.1) is 0 Å². The van der Waals surface area contributed by atoms with Gasteiger partial charge in [-0.25, -0.2) is 0 Å². The van der Waals surface area contributed by atoms with Gasteiger partial charge < -0.3 is 6.33 Å². The van der Waals surface area contributed by atoms with Crippen molar-refractivity contribution in [2.24, 2.45) is 0 Å². The molecule has 0 heterocycles. The number of anilines is 1. The van der Waals surface area contributed by atoms with E-state index in [1.807, 2.05) is 30.3 Å². The summed E-state index contributed by atoms with van der Waals surface area (Å²) in [7, 11) is 1.72. The summed E-state index contributed by atoms with van der Waals surface area (Å²) in [5, 5.41) is 0. The zero-order valence-electron chi connectivity index (χ0n) is 9.03. The Morgan fingerprint density at radius 3 is 2.46 bits per heavy atom. The van der Waals surface area contributed by atoms with Gasteiger partial charge in [0.2, 0.25) is 5.91 Å². The van der Waals surface area contributed by atoms with Gasteiger partial charge in [-0.05, 0) is 18.2 Å². The maximum atomic E-state index is 11.1. The van der Waals surface area contributed by atoms with Gasteiger partial charge >= 0.3 is 29.6 Å². The van der Waals surface area contributed by atoms with Crippen molar-refractivity contribution < 1.29 is 35.8 Å². The van der Waals surface area contributed by atoms with E-state index in [4.69, 9.17) is 0 Å². The molecule has 3 heteroatoms. The molecule has 13 heavy (non-hydrogen) atoms. The standard InChI is InChI=1S/C10H11NO.Na.H/c1-3-10(12)11(2)9-7-5-4-6-8-9;;/h3-8H,1H2,2H3;;/q;+1;-1. The first kappa shape index (κ1) is 12.4. The van der Waals surface area contributed by atoms with Crippen LogP contribution in [0.2, 0.25) is 0 Å². The second-order valence-corrected chi connectivity index (χ2v) is 2.44. The molecule has 1 aromatic carbocycles. The van der Waals surface area contributed by atoms with Crippen LogP contribution in [0.3, 0.4) is 0 Å². The van der Waals surface area contributed by atoms with E-state index in [1.165, 1.54) is 6.08 Å². The number of carbonyl (C=O) groups excluding carboxylic acids is 1. The summed E-state index contributed by atoms with van der Waals surface area (Å²) in [6.45, 7) is 3.42. The first-order valence-electron chi connectivity index (χ1n) is 3.71.